The maximum absolute atomic E-state index is 12.8. The lowest BCUT2D eigenvalue weighted by Gasteiger charge is -2.11. The summed E-state index contributed by atoms with van der Waals surface area (Å²) in [6.07, 6.45) is -3.29. The van der Waals surface area contributed by atoms with Crippen molar-refractivity contribution in [2.75, 3.05) is 10.6 Å². The van der Waals surface area contributed by atoms with Gasteiger partial charge in [0.05, 0.1) is 16.7 Å². The number of hydrogen-bond acceptors (Lipinski definition) is 5. The lowest BCUT2D eigenvalue weighted by atomic mass is 10.2. The van der Waals surface area contributed by atoms with Crippen molar-refractivity contribution in [3.8, 4) is 0 Å². The third-order valence-corrected chi connectivity index (χ3v) is 4.31. The topological polar surface area (TPSA) is 126 Å². The number of benzene rings is 3. The Morgan fingerprint density at radius 3 is 2.26 bits per heavy atom. The molecule has 0 fully saturated rings. The summed E-state index contributed by atoms with van der Waals surface area (Å²) in [5.74, 6) is -0.568. The van der Waals surface area contributed by atoms with Gasteiger partial charge in [0.15, 0.2) is 0 Å². The first kappa shape index (κ1) is 23.9. The fourth-order valence-electron chi connectivity index (χ4n) is 2.72. The van der Waals surface area contributed by atoms with Crippen LogP contribution in [-0.2, 0) is 6.18 Å². The number of carbonyl (C=O) groups is 2. The van der Waals surface area contributed by atoms with Crippen LogP contribution >= 0.6 is 0 Å². The fourth-order valence-corrected chi connectivity index (χ4v) is 2.72. The molecular formula is C22H16F3N5O4. The Bertz CT molecular complexity index is 1240. The minimum atomic E-state index is -4.53. The van der Waals surface area contributed by atoms with Crippen LogP contribution in [0.2, 0.25) is 0 Å². The summed E-state index contributed by atoms with van der Waals surface area (Å²) in [5, 5.41) is 19.3. The average molecular weight is 471 g/mol. The molecule has 0 saturated carbocycles. The van der Waals surface area contributed by atoms with E-state index in [0.29, 0.717) is 11.3 Å². The van der Waals surface area contributed by atoms with Gasteiger partial charge in [-0.2, -0.15) is 18.3 Å². The van der Waals surface area contributed by atoms with Gasteiger partial charge in [0.2, 0.25) is 0 Å². The summed E-state index contributed by atoms with van der Waals surface area (Å²) in [6.45, 7) is 0. The van der Waals surface area contributed by atoms with Crippen LogP contribution in [-0.4, -0.2) is 23.1 Å². The van der Waals surface area contributed by atoms with E-state index in [2.05, 4.69) is 21.2 Å². The SMILES string of the molecule is O=C(Nc1ccc(C(=O)NN=Cc2cccc([N+](=O)[O-])c2)cc1)Nc1cccc(C(F)(F)F)c1. The van der Waals surface area contributed by atoms with Gasteiger partial charge in [-0.25, -0.2) is 10.2 Å². The number of hydrazone groups is 1. The number of amides is 3. The number of nitrogens with zero attached hydrogens (tertiary/aromatic N) is 2. The lowest BCUT2D eigenvalue weighted by Crippen LogP contribution is -2.20. The summed E-state index contributed by atoms with van der Waals surface area (Å²) >= 11 is 0. The number of nitrogens with one attached hydrogen (secondary N) is 3. The standard InChI is InChI=1S/C22H16F3N5O4/c23-22(24,25)16-4-2-5-18(12-16)28-21(32)27-17-9-7-15(8-10-17)20(31)29-26-13-14-3-1-6-19(11-14)30(33)34/h1-13H,(H,29,31)(H2,27,28,32). The average Bonchev–Trinajstić information content (AvgIpc) is 2.79. The number of rotatable bonds is 6. The van der Waals surface area contributed by atoms with Crippen molar-refractivity contribution in [1.82, 2.24) is 5.43 Å². The number of carbonyl (C=O) groups excluding carboxylic acids is 2. The molecule has 3 rings (SSSR count). The van der Waals surface area contributed by atoms with Crippen molar-refractivity contribution in [2.24, 2.45) is 5.10 Å². The van der Waals surface area contributed by atoms with Crippen LogP contribution in [0.3, 0.4) is 0 Å². The van der Waals surface area contributed by atoms with Gasteiger partial charge in [-0.15, -0.1) is 0 Å². The monoisotopic (exact) mass is 471 g/mol. The van der Waals surface area contributed by atoms with Gasteiger partial charge in [0.1, 0.15) is 0 Å². The van der Waals surface area contributed by atoms with Crippen LogP contribution in [0.4, 0.5) is 35.0 Å². The van der Waals surface area contributed by atoms with Crippen LogP contribution in [0.15, 0.2) is 77.9 Å². The maximum atomic E-state index is 12.8. The first-order valence-corrected chi connectivity index (χ1v) is 9.55. The molecule has 3 N–H and O–H groups in total. The fraction of sp³-hybridized carbons (Fsp3) is 0.0455. The van der Waals surface area contributed by atoms with E-state index < -0.39 is 28.6 Å². The number of alkyl halides is 3. The molecule has 0 heterocycles. The molecule has 0 spiro atoms. The zero-order valence-corrected chi connectivity index (χ0v) is 17.2. The zero-order chi connectivity index (χ0) is 24.7. The first-order chi connectivity index (χ1) is 16.1. The molecular weight excluding hydrogens is 455 g/mol. The molecule has 174 valence electrons. The third-order valence-electron chi connectivity index (χ3n) is 4.31. The zero-order valence-electron chi connectivity index (χ0n) is 17.2. The number of nitro groups is 1. The Balaban J connectivity index is 1.55. The molecule has 9 nitrogen and oxygen atoms in total. The summed E-state index contributed by atoms with van der Waals surface area (Å²) in [4.78, 5) is 34.5. The van der Waals surface area contributed by atoms with Crippen molar-refractivity contribution < 1.29 is 27.7 Å². The van der Waals surface area contributed by atoms with E-state index >= 15 is 0 Å². The predicted molar refractivity (Wildman–Crippen MR) is 119 cm³/mol. The largest absolute Gasteiger partial charge is 0.416 e. The second kappa shape index (κ2) is 10.3. The second-order valence-corrected chi connectivity index (χ2v) is 6.79. The lowest BCUT2D eigenvalue weighted by molar-refractivity contribution is -0.384. The second-order valence-electron chi connectivity index (χ2n) is 6.79. The van der Waals surface area contributed by atoms with E-state index in [0.717, 1.165) is 12.1 Å². The summed E-state index contributed by atoms with van der Waals surface area (Å²) in [6, 6.07) is 14.7. The van der Waals surface area contributed by atoms with E-state index in [9.17, 15) is 32.9 Å². The molecule has 0 atom stereocenters. The van der Waals surface area contributed by atoms with Gasteiger partial charge < -0.3 is 10.6 Å². The number of hydrogen-bond donors (Lipinski definition) is 3. The Labute approximate surface area is 190 Å². The van der Waals surface area contributed by atoms with Crippen LogP contribution in [0.1, 0.15) is 21.5 Å². The molecule has 3 aromatic rings. The molecule has 0 aliphatic rings. The van der Waals surface area contributed by atoms with Gasteiger partial charge in [-0.05, 0) is 42.5 Å². The van der Waals surface area contributed by atoms with Gasteiger partial charge in [0, 0.05) is 34.6 Å². The quantitative estimate of drug-likeness (QED) is 0.265. The summed E-state index contributed by atoms with van der Waals surface area (Å²) in [5.41, 5.74) is 2.15. The molecule has 0 aliphatic carbocycles. The molecule has 0 saturated heterocycles. The Morgan fingerprint density at radius 1 is 0.912 bits per heavy atom. The molecule has 0 aliphatic heterocycles. The predicted octanol–water partition coefficient (Wildman–Crippen LogP) is 5.02. The highest BCUT2D eigenvalue weighted by atomic mass is 19.4. The van der Waals surface area contributed by atoms with E-state index in [1.54, 1.807) is 6.07 Å². The number of anilines is 2. The number of halogens is 3. The van der Waals surface area contributed by atoms with E-state index in [4.69, 9.17) is 0 Å². The Kier molecular flexibility index (Phi) is 7.21. The molecule has 0 radical (unpaired) electrons. The third kappa shape index (κ3) is 6.63. The Hall–Kier alpha value is -4.74. The smallest absolute Gasteiger partial charge is 0.308 e. The van der Waals surface area contributed by atoms with Crippen LogP contribution < -0.4 is 16.1 Å². The van der Waals surface area contributed by atoms with Crippen molar-refractivity contribution >= 4 is 35.2 Å². The number of non-ortho nitro benzene ring substituents is 1. The highest BCUT2D eigenvalue weighted by molar-refractivity contribution is 6.00. The molecule has 12 heteroatoms. The van der Waals surface area contributed by atoms with Crippen LogP contribution in [0.5, 0.6) is 0 Å². The van der Waals surface area contributed by atoms with Gasteiger partial charge in [0.25, 0.3) is 11.6 Å². The highest BCUT2D eigenvalue weighted by Crippen LogP contribution is 2.30. The van der Waals surface area contributed by atoms with Gasteiger partial charge in [-0.1, -0.05) is 18.2 Å². The van der Waals surface area contributed by atoms with E-state index in [1.165, 1.54) is 60.8 Å². The normalized spacial score (nSPS) is 11.1. The van der Waals surface area contributed by atoms with Crippen molar-refractivity contribution in [1.29, 1.82) is 0 Å². The van der Waals surface area contributed by atoms with Crippen molar-refractivity contribution in [3.05, 3.63) is 99.6 Å². The molecule has 3 aromatic carbocycles. The van der Waals surface area contributed by atoms with Crippen molar-refractivity contribution in [3.63, 3.8) is 0 Å². The summed E-state index contributed by atoms with van der Waals surface area (Å²) in [7, 11) is 0. The summed E-state index contributed by atoms with van der Waals surface area (Å²) < 4.78 is 38.3. The van der Waals surface area contributed by atoms with E-state index in [-0.39, 0.29) is 16.9 Å². The van der Waals surface area contributed by atoms with Crippen molar-refractivity contribution in [2.45, 2.75) is 6.18 Å². The molecule has 0 bridgehead atoms. The minimum Gasteiger partial charge on any atom is -0.308 e. The van der Waals surface area contributed by atoms with E-state index in [1.807, 2.05) is 0 Å². The first-order valence-electron chi connectivity index (χ1n) is 9.55. The van der Waals surface area contributed by atoms with Crippen LogP contribution in [0.25, 0.3) is 0 Å². The molecule has 34 heavy (non-hydrogen) atoms. The van der Waals surface area contributed by atoms with Gasteiger partial charge >= 0.3 is 12.2 Å². The minimum absolute atomic E-state index is 0.0371. The maximum Gasteiger partial charge on any atom is 0.416 e. The molecule has 3 amide bonds. The number of nitro benzene ring substituents is 1. The van der Waals surface area contributed by atoms with Crippen LogP contribution in [0, 0.1) is 10.1 Å². The molecule has 0 unspecified atom stereocenters. The highest BCUT2D eigenvalue weighted by Gasteiger charge is 2.30. The van der Waals surface area contributed by atoms with Gasteiger partial charge in [-0.3, -0.25) is 14.9 Å². The number of urea groups is 1. The Morgan fingerprint density at radius 2 is 1.59 bits per heavy atom. The molecule has 0 aromatic heterocycles.